The number of amidine groups is 1. The smallest absolute Gasteiger partial charge is 0.229 e. The predicted molar refractivity (Wildman–Crippen MR) is 77.6 cm³/mol. The Labute approximate surface area is 119 Å². The van der Waals surface area contributed by atoms with E-state index in [2.05, 4.69) is 5.16 Å². The first-order chi connectivity index (χ1) is 9.63. The third-order valence-electron chi connectivity index (χ3n) is 4.01. The zero-order valence-corrected chi connectivity index (χ0v) is 11.7. The maximum Gasteiger partial charge on any atom is 0.229 e. The Balaban J connectivity index is 1.95. The number of nitrogens with two attached hydrogens (primary N) is 1. The third-order valence-corrected chi connectivity index (χ3v) is 4.01. The average molecular weight is 275 g/mol. The normalized spacial score (nSPS) is 18.9. The Morgan fingerprint density at radius 1 is 1.35 bits per heavy atom. The quantitative estimate of drug-likeness (QED) is 0.382. The number of nitrogens with zero attached hydrogens (tertiary/aromatic N) is 2. The van der Waals surface area contributed by atoms with E-state index in [1.165, 1.54) is 0 Å². The lowest BCUT2D eigenvalue weighted by molar-refractivity contribution is -0.133. The molecule has 108 valence electrons. The first-order valence-electron chi connectivity index (χ1n) is 6.94. The number of amides is 1. The Bertz CT molecular complexity index is 479. The monoisotopic (exact) mass is 275 g/mol. The third kappa shape index (κ3) is 3.10. The van der Waals surface area contributed by atoms with Crippen LogP contribution in [0.15, 0.2) is 35.5 Å². The summed E-state index contributed by atoms with van der Waals surface area (Å²) in [5, 5.41) is 11.7. The highest BCUT2D eigenvalue weighted by Crippen LogP contribution is 2.23. The molecule has 1 aliphatic rings. The van der Waals surface area contributed by atoms with Gasteiger partial charge in [0.05, 0.1) is 5.92 Å². The van der Waals surface area contributed by atoms with Gasteiger partial charge < -0.3 is 15.8 Å². The maximum atomic E-state index is 12.5. The molecule has 2 rings (SSSR count). The van der Waals surface area contributed by atoms with E-state index in [1.807, 2.05) is 42.2 Å². The molecule has 0 bridgehead atoms. The Morgan fingerprint density at radius 3 is 2.50 bits per heavy atom. The van der Waals surface area contributed by atoms with E-state index in [-0.39, 0.29) is 23.6 Å². The van der Waals surface area contributed by atoms with Crippen molar-refractivity contribution < 1.29 is 10.0 Å². The highest BCUT2D eigenvalue weighted by Gasteiger charge is 2.28. The summed E-state index contributed by atoms with van der Waals surface area (Å²) < 4.78 is 0. The van der Waals surface area contributed by atoms with Crippen molar-refractivity contribution in [3.63, 3.8) is 0 Å². The Morgan fingerprint density at radius 2 is 1.95 bits per heavy atom. The summed E-state index contributed by atoms with van der Waals surface area (Å²) in [7, 11) is 0. The Hall–Kier alpha value is -2.04. The lowest BCUT2D eigenvalue weighted by atomic mass is 9.93. The number of likely N-dealkylation sites (tertiary alicyclic amines) is 1. The molecule has 1 heterocycles. The molecule has 5 heteroatoms. The molecule has 0 aromatic heterocycles. The van der Waals surface area contributed by atoms with Crippen LogP contribution in [0, 0.1) is 5.92 Å². The van der Waals surface area contributed by atoms with E-state index in [1.54, 1.807) is 0 Å². The van der Waals surface area contributed by atoms with Crippen LogP contribution < -0.4 is 5.73 Å². The largest absolute Gasteiger partial charge is 0.409 e. The SMILES string of the molecule is CC(C(=O)N1CCC(/C(N)=N/O)CC1)c1ccccc1. The molecule has 1 saturated heterocycles. The fourth-order valence-electron chi connectivity index (χ4n) is 2.64. The van der Waals surface area contributed by atoms with E-state index in [4.69, 9.17) is 10.9 Å². The second kappa shape index (κ2) is 6.41. The first kappa shape index (κ1) is 14.4. The van der Waals surface area contributed by atoms with Gasteiger partial charge in [0.2, 0.25) is 5.91 Å². The van der Waals surface area contributed by atoms with Crippen molar-refractivity contribution in [1.82, 2.24) is 4.90 Å². The summed E-state index contributed by atoms with van der Waals surface area (Å²) in [5.74, 6) is 0.370. The molecule has 1 aromatic rings. The summed E-state index contributed by atoms with van der Waals surface area (Å²) in [6.45, 7) is 3.26. The van der Waals surface area contributed by atoms with Crippen LogP contribution in [0.4, 0.5) is 0 Å². The number of hydrogen-bond acceptors (Lipinski definition) is 3. The fraction of sp³-hybridized carbons (Fsp3) is 0.467. The van der Waals surface area contributed by atoms with Gasteiger partial charge in [-0.1, -0.05) is 35.5 Å². The summed E-state index contributed by atoms with van der Waals surface area (Å²) >= 11 is 0. The van der Waals surface area contributed by atoms with Crippen LogP contribution in [-0.2, 0) is 4.79 Å². The van der Waals surface area contributed by atoms with Crippen LogP contribution in [0.1, 0.15) is 31.2 Å². The fourth-order valence-corrected chi connectivity index (χ4v) is 2.64. The zero-order chi connectivity index (χ0) is 14.5. The highest BCUT2D eigenvalue weighted by molar-refractivity contribution is 5.85. The van der Waals surface area contributed by atoms with Gasteiger partial charge in [0, 0.05) is 19.0 Å². The van der Waals surface area contributed by atoms with Crippen molar-refractivity contribution in [3.05, 3.63) is 35.9 Å². The van der Waals surface area contributed by atoms with Gasteiger partial charge in [-0.2, -0.15) is 0 Å². The topological polar surface area (TPSA) is 78.9 Å². The van der Waals surface area contributed by atoms with Crippen LogP contribution in [0.2, 0.25) is 0 Å². The zero-order valence-electron chi connectivity index (χ0n) is 11.7. The van der Waals surface area contributed by atoms with Crippen LogP contribution in [0.3, 0.4) is 0 Å². The van der Waals surface area contributed by atoms with Crippen LogP contribution >= 0.6 is 0 Å². The number of benzene rings is 1. The Kier molecular flexibility index (Phi) is 4.61. The van der Waals surface area contributed by atoms with Crippen molar-refractivity contribution in [3.8, 4) is 0 Å². The van der Waals surface area contributed by atoms with Crippen LogP contribution in [0.5, 0.6) is 0 Å². The lowest BCUT2D eigenvalue weighted by Crippen LogP contribution is -2.43. The van der Waals surface area contributed by atoms with E-state index in [0.29, 0.717) is 13.1 Å². The molecule has 0 aliphatic carbocycles. The van der Waals surface area contributed by atoms with Crippen molar-refractivity contribution in [2.75, 3.05) is 13.1 Å². The number of carbonyl (C=O) groups is 1. The van der Waals surface area contributed by atoms with E-state index < -0.39 is 0 Å². The highest BCUT2D eigenvalue weighted by atomic mass is 16.4. The molecule has 1 atom stereocenters. The van der Waals surface area contributed by atoms with Crippen molar-refractivity contribution in [2.45, 2.75) is 25.7 Å². The minimum Gasteiger partial charge on any atom is -0.409 e. The molecular weight excluding hydrogens is 254 g/mol. The molecule has 20 heavy (non-hydrogen) atoms. The van der Waals surface area contributed by atoms with Crippen molar-refractivity contribution in [1.29, 1.82) is 0 Å². The van der Waals surface area contributed by atoms with E-state index in [0.717, 1.165) is 18.4 Å². The molecule has 0 saturated carbocycles. The standard InChI is InChI=1S/C15H21N3O2/c1-11(12-5-3-2-4-6-12)15(19)18-9-7-13(8-10-18)14(16)17-20/h2-6,11,13,20H,7-10H2,1H3,(H2,16,17). The van der Waals surface area contributed by atoms with Crippen molar-refractivity contribution in [2.24, 2.45) is 16.8 Å². The number of oxime groups is 1. The molecule has 1 aliphatic heterocycles. The van der Waals surface area contributed by atoms with Gasteiger partial charge >= 0.3 is 0 Å². The van der Waals surface area contributed by atoms with Gasteiger partial charge in [-0.25, -0.2) is 0 Å². The lowest BCUT2D eigenvalue weighted by Gasteiger charge is -2.33. The maximum absolute atomic E-state index is 12.5. The molecular formula is C15H21N3O2. The summed E-state index contributed by atoms with van der Waals surface area (Å²) in [6.07, 6.45) is 1.51. The molecule has 1 amide bonds. The number of rotatable bonds is 3. The average Bonchev–Trinajstić information content (AvgIpc) is 2.53. The molecule has 1 unspecified atom stereocenters. The second-order valence-electron chi connectivity index (χ2n) is 5.26. The van der Waals surface area contributed by atoms with Crippen LogP contribution in [0.25, 0.3) is 0 Å². The summed E-state index contributed by atoms with van der Waals surface area (Å²) in [4.78, 5) is 14.3. The number of hydrogen-bond donors (Lipinski definition) is 2. The molecule has 1 fully saturated rings. The molecule has 0 radical (unpaired) electrons. The van der Waals surface area contributed by atoms with Gasteiger partial charge in [0.1, 0.15) is 5.84 Å². The number of carbonyl (C=O) groups excluding carboxylic acids is 1. The first-order valence-corrected chi connectivity index (χ1v) is 6.94. The minimum atomic E-state index is -0.128. The van der Waals surface area contributed by atoms with Gasteiger partial charge in [0.15, 0.2) is 0 Å². The summed E-state index contributed by atoms with van der Waals surface area (Å²) in [6, 6.07) is 9.80. The van der Waals surface area contributed by atoms with Gasteiger partial charge in [0.25, 0.3) is 0 Å². The van der Waals surface area contributed by atoms with E-state index >= 15 is 0 Å². The molecule has 1 aromatic carbocycles. The van der Waals surface area contributed by atoms with Crippen LogP contribution in [-0.4, -0.2) is 34.9 Å². The van der Waals surface area contributed by atoms with Gasteiger partial charge in [-0.05, 0) is 25.3 Å². The molecule has 3 N–H and O–H groups in total. The second-order valence-corrected chi connectivity index (χ2v) is 5.26. The molecule has 5 nitrogen and oxygen atoms in total. The number of piperidine rings is 1. The van der Waals surface area contributed by atoms with Gasteiger partial charge in [-0.15, -0.1) is 0 Å². The predicted octanol–water partition coefficient (Wildman–Crippen LogP) is 1.78. The van der Waals surface area contributed by atoms with Crippen molar-refractivity contribution >= 4 is 11.7 Å². The minimum absolute atomic E-state index is 0.0797. The van der Waals surface area contributed by atoms with Gasteiger partial charge in [-0.3, -0.25) is 4.79 Å². The summed E-state index contributed by atoms with van der Waals surface area (Å²) in [5.41, 5.74) is 6.65. The van der Waals surface area contributed by atoms with E-state index in [9.17, 15) is 4.79 Å². The molecule has 0 spiro atoms.